The molecule has 1 aromatic carbocycles. The van der Waals surface area contributed by atoms with Gasteiger partial charge in [0.2, 0.25) is 0 Å². The Bertz CT molecular complexity index is 387. The molecule has 0 aliphatic heterocycles. The molecule has 0 saturated heterocycles. The first kappa shape index (κ1) is 13.8. The predicted octanol–water partition coefficient (Wildman–Crippen LogP) is 3.44. The second-order valence-corrected chi connectivity index (χ2v) is 3.78. The summed E-state index contributed by atoms with van der Waals surface area (Å²) in [5, 5.41) is 0. The van der Waals surface area contributed by atoms with Crippen molar-refractivity contribution in [2.45, 2.75) is 24.8 Å². The molecular formula is C10H9F6N. The van der Waals surface area contributed by atoms with E-state index in [0.29, 0.717) is 19.1 Å². The molecular weight excluding hydrogens is 248 g/mol. The normalized spacial score (nSPS) is 16.7. The number of benzene rings is 1. The topological polar surface area (TPSA) is 26.0 Å². The third kappa shape index (κ3) is 2.71. The Kier molecular flexibility index (Phi) is 3.17. The van der Waals surface area contributed by atoms with Gasteiger partial charge in [0, 0.05) is 0 Å². The van der Waals surface area contributed by atoms with Crippen LogP contribution in [0.4, 0.5) is 26.3 Å². The Morgan fingerprint density at radius 3 is 1.47 bits per heavy atom. The van der Waals surface area contributed by atoms with Crippen molar-refractivity contribution in [1.29, 1.82) is 0 Å². The van der Waals surface area contributed by atoms with Gasteiger partial charge in [-0.15, -0.1) is 0 Å². The number of alkyl halides is 6. The molecule has 0 bridgehead atoms. The molecule has 1 aromatic rings. The highest BCUT2D eigenvalue weighted by atomic mass is 19.4. The molecule has 0 fully saturated rings. The molecule has 0 aromatic heterocycles. The third-order valence-corrected chi connectivity index (χ3v) is 2.40. The highest BCUT2D eigenvalue weighted by molar-refractivity contribution is 5.30. The molecule has 7 heteroatoms. The van der Waals surface area contributed by atoms with E-state index >= 15 is 0 Å². The maximum atomic E-state index is 12.5. The molecule has 1 atom stereocenters. The first-order valence-corrected chi connectivity index (χ1v) is 4.49. The average Bonchev–Trinajstić information content (AvgIpc) is 2.15. The van der Waals surface area contributed by atoms with Gasteiger partial charge in [-0.1, -0.05) is 12.1 Å². The Labute approximate surface area is 93.2 Å². The second kappa shape index (κ2) is 3.90. The molecule has 1 nitrogen and oxygen atoms in total. The number of hydrogen-bond acceptors (Lipinski definition) is 1. The monoisotopic (exact) mass is 257 g/mol. The lowest BCUT2D eigenvalue weighted by atomic mass is 9.92. The van der Waals surface area contributed by atoms with E-state index in [1.165, 1.54) is 0 Å². The predicted molar refractivity (Wildman–Crippen MR) is 49.0 cm³/mol. The molecule has 0 saturated carbocycles. The minimum atomic E-state index is -4.73. The quantitative estimate of drug-likeness (QED) is 0.766. The highest BCUT2D eigenvalue weighted by Gasteiger charge is 2.49. The van der Waals surface area contributed by atoms with E-state index in [9.17, 15) is 26.3 Å². The molecule has 1 unspecified atom stereocenters. The van der Waals surface area contributed by atoms with Gasteiger partial charge in [-0.05, 0) is 24.6 Å². The Hall–Kier alpha value is -1.24. The molecule has 0 heterocycles. The van der Waals surface area contributed by atoms with Crippen molar-refractivity contribution in [3.63, 3.8) is 0 Å². The highest BCUT2D eigenvalue weighted by Crippen LogP contribution is 2.37. The molecule has 0 aliphatic carbocycles. The van der Waals surface area contributed by atoms with Crippen LogP contribution < -0.4 is 5.73 Å². The number of nitrogens with two attached hydrogens (primary N) is 1. The lowest BCUT2D eigenvalue weighted by Gasteiger charge is -2.28. The van der Waals surface area contributed by atoms with Crippen LogP contribution in [0.25, 0.3) is 0 Å². The van der Waals surface area contributed by atoms with Crippen LogP contribution in [0.3, 0.4) is 0 Å². The van der Waals surface area contributed by atoms with Crippen molar-refractivity contribution in [3.8, 4) is 0 Å². The van der Waals surface area contributed by atoms with E-state index in [2.05, 4.69) is 0 Å². The first-order chi connectivity index (χ1) is 7.46. The summed E-state index contributed by atoms with van der Waals surface area (Å²) in [6.07, 6.45) is -9.31. The fraction of sp³-hybridized carbons (Fsp3) is 0.400. The molecule has 17 heavy (non-hydrogen) atoms. The molecule has 0 aliphatic rings. The van der Waals surface area contributed by atoms with Gasteiger partial charge < -0.3 is 5.73 Å². The largest absolute Gasteiger partial charge is 0.416 e. The fourth-order valence-corrected chi connectivity index (χ4v) is 1.17. The zero-order valence-corrected chi connectivity index (χ0v) is 8.65. The molecule has 96 valence electrons. The van der Waals surface area contributed by atoms with Gasteiger partial charge in [-0.2, -0.15) is 26.3 Å². The van der Waals surface area contributed by atoms with Crippen LogP contribution in [0.5, 0.6) is 0 Å². The summed E-state index contributed by atoms with van der Waals surface area (Å²) in [6.45, 7) is 0.704. The minimum Gasteiger partial charge on any atom is -0.314 e. The molecule has 1 rings (SSSR count). The summed E-state index contributed by atoms with van der Waals surface area (Å²) in [5.41, 5.74) is 0.965. The van der Waals surface area contributed by atoms with Gasteiger partial charge in [-0.25, -0.2) is 0 Å². The molecule has 0 radical (unpaired) electrons. The van der Waals surface area contributed by atoms with Gasteiger partial charge in [0.15, 0.2) is 0 Å². The van der Waals surface area contributed by atoms with Crippen LogP contribution >= 0.6 is 0 Å². The maximum absolute atomic E-state index is 12.5. The zero-order valence-electron chi connectivity index (χ0n) is 8.65. The zero-order chi connectivity index (χ0) is 13.5. The number of halogens is 6. The van der Waals surface area contributed by atoms with E-state index < -0.39 is 29.0 Å². The van der Waals surface area contributed by atoms with Crippen LogP contribution in [-0.2, 0) is 11.7 Å². The summed E-state index contributed by atoms with van der Waals surface area (Å²) < 4.78 is 74.1. The second-order valence-electron chi connectivity index (χ2n) is 3.78. The van der Waals surface area contributed by atoms with Crippen LogP contribution in [0, 0.1) is 0 Å². The lowest BCUT2D eigenvalue weighted by Crippen LogP contribution is -2.47. The van der Waals surface area contributed by atoms with Gasteiger partial charge in [0.25, 0.3) is 0 Å². The third-order valence-electron chi connectivity index (χ3n) is 2.40. The molecule has 2 N–H and O–H groups in total. The van der Waals surface area contributed by atoms with Crippen LogP contribution in [0.15, 0.2) is 24.3 Å². The maximum Gasteiger partial charge on any atom is 0.416 e. The van der Waals surface area contributed by atoms with Crippen LogP contribution in [0.2, 0.25) is 0 Å². The van der Waals surface area contributed by atoms with Crippen molar-refractivity contribution in [2.75, 3.05) is 0 Å². The summed E-state index contributed by atoms with van der Waals surface area (Å²) in [4.78, 5) is 0. The minimum absolute atomic E-state index is 0.419. The van der Waals surface area contributed by atoms with Gasteiger partial charge in [0.1, 0.15) is 5.54 Å². The summed E-state index contributed by atoms with van der Waals surface area (Å²) in [6, 6.07) is 2.62. The molecule has 0 spiro atoms. The Morgan fingerprint density at radius 1 is 0.824 bits per heavy atom. The smallest absolute Gasteiger partial charge is 0.314 e. The van der Waals surface area contributed by atoms with Crippen molar-refractivity contribution < 1.29 is 26.3 Å². The van der Waals surface area contributed by atoms with Gasteiger partial charge >= 0.3 is 12.4 Å². The molecule has 0 amide bonds. The van der Waals surface area contributed by atoms with E-state index in [-0.39, 0.29) is 0 Å². The van der Waals surface area contributed by atoms with E-state index in [0.717, 1.165) is 12.1 Å². The average molecular weight is 257 g/mol. The van der Waals surface area contributed by atoms with E-state index in [1.807, 2.05) is 0 Å². The summed E-state index contributed by atoms with van der Waals surface area (Å²) in [7, 11) is 0. The Morgan fingerprint density at radius 2 is 1.18 bits per heavy atom. The van der Waals surface area contributed by atoms with Gasteiger partial charge in [0.05, 0.1) is 5.56 Å². The van der Waals surface area contributed by atoms with Crippen molar-refractivity contribution >= 4 is 0 Å². The standard InChI is InChI=1S/C10H9F6N/c1-8(17,10(14,15)16)6-2-4-7(5-3-6)9(11,12)13/h2-5H,17H2,1H3. The van der Waals surface area contributed by atoms with Crippen molar-refractivity contribution in [1.82, 2.24) is 0 Å². The number of hydrogen-bond donors (Lipinski definition) is 1. The van der Waals surface area contributed by atoms with E-state index in [1.54, 1.807) is 0 Å². The van der Waals surface area contributed by atoms with Crippen molar-refractivity contribution in [2.24, 2.45) is 5.73 Å². The van der Waals surface area contributed by atoms with Crippen molar-refractivity contribution in [3.05, 3.63) is 35.4 Å². The summed E-state index contributed by atoms with van der Waals surface area (Å²) >= 11 is 0. The fourth-order valence-electron chi connectivity index (χ4n) is 1.17. The first-order valence-electron chi connectivity index (χ1n) is 4.49. The number of rotatable bonds is 1. The Balaban J connectivity index is 3.12. The summed E-state index contributed by atoms with van der Waals surface area (Å²) in [5.74, 6) is 0. The van der Waals surface area contributed by atoms with Crippen LogP contribution in [-0.4, -0.2) is 6.18 Å². The van der Waals surface area contributed by atoms with E-state index in [4.69, 9.17) is 5.73 Å². The SMILES string of the molecule is CC(N)(c1ccc(C(F)(F)F)cc1)C(F)(F)F. The van der Waals surface area contributed by atoms with Crippen LogP contribution in [0.1, 0.15) is 18.1 Å². The lowest BCUT2D eigenvalue weighted by molar-refractivity contribution is -0.184. The van der Waals surface area contributed by atoms with Gasteiger partial charge in [-0.3, -0.25) is 0 Å².